The molecule has 5 nitrogen and oxygen atoms in total. The second-order valence-corrected chi connectivity index (χ2v) is 6.34. The van der Waals surface area contributed by atoms with Gasteiger partial charge in [-0.2, -0.15) is 0 Å². The van der Waals surface area contributed by atoms with Gasteiger partial charge in [0.15, 0.2) is 0 Å². The lowest BCUT2D eigenvalue weighted by Crippen LogP contribution is -2.29. The number of hydrogen-bond donors (Lipinski definition) is 1. The molecule has 0 spiro atoms. The van der Waals surface area contributed by atoms with Crippen molar-refractivity contribution in [3.8, 4) is 0 Å². The van der Waals surface area contributed by atoms with Gasteiger partial charge in [-0.1, -0.05) is 12.1 Å². The summed E-state index contributed by atoms with van der Waals surface area (Å²) >= 11 is 1.58. The molecule has 2 aromatic rings. The first-order valence-electron chi connectivity index (χ1n) is 7.61. The number of fused-ring (bicyclic) bond motifs is 1. The van der Waals surface area contributed by atoms with Crippen LogP contribution in [0.15, 0.2) is 60.0 Å². The van der Waals surface area contributed by atoms with E-state index < -0.39 is 5.91 Å². The van der Waals surface area contributed by atoms with Crippen LogP contribution in [-0.4, -0.2) is 35.4 Å². The Kier molecular flexibility index (Phi) is 4.72. The van der Waals surface area contributed by atoms with E-state index in [1.54, 1.807) is 23.9 Å². The molecule has 25 heavy (non-hydrogen) atoms. The monoisotopic (exact) mass is 352 g/mol. The summed E-state index contributed by atoms with van der Waals surface area (Å²) in [6.07, 6.45) is 3.45. The molecular weight excluding hydrogens is 336 g/mol. The van der Waals surface area contributed by atoms with E-state index in [-0.39, 0.29) is 23.9 Å². The highest BCUT2D eigenvalue weighted by atomic mass is 32.2. The number of benzene rings is 2. The van der Waals surface area contributed by atoms with E-state index >= 15 is 0 Å². The lowest BCUT2D eigenvalue weighted by molar-refractivity contribution is 0.0672. The summed E-state index contributed by atoms with van der Waals surface area (Å²) in [4.78, 5) is 39.1. The largest absolute Gasteiger partial charge is 0.322 e. The molecule has 0 aromatic heterocycles. The van der Waals surface area contributed by atoms with Gasteiger partial charge < -0.3 is 5.32 Å². The zero-order valence-electron chi connectivity index (χ0n) is 13.6. The van der Waals surface area contributed by atoms with Gasteiger partial charge in [0, 0.05) is 22.7 Å². The van der Waals surface area contributed by atoms with E-state index in [0.29, 0.717) is 16.8 Å². The van der Waals surface area contributed by atoms with Gasteiger partial charge in [0.1, 0.15) is 0 Å². The number of amides is 3. The minimum atomic E-state index is -0.404. The molecule has 0 saturated heterocycles. The van der Waals surface area contributed by atoms with Gasteiger partial charge in [-0.3, -0.25) is 19.3 Å². The van der Waals surface area contributed by atoms with Crippen LogP contribution >= 0.6 is 11.8 Å². The van der Waals surface area contributed by atoms with Crippen LogP contribution in [0, 0.1) is 0 Å². The number of carbonyl (C=O) groups excluding carboxylic acids is 3. The molecule has 0 bridgehead atoms. The molecule has 1 aliphatic rings. The van der Waals surface area contributed by atoms with Crippen molar-refractivity contribution < 1.29 is 14.4 Å². The standard InChI is InChI=1S/C19H16N2O3S/c1-3-9-21-18(23)15-8-7-12(10-16(15)19(21)24)17(22)20-13-5-4-6-14(11-13)25-2/h3-8,10-11H,1,9H2,2H3,(H,20,22). The Labute approximate surface area is 149 Å². The summed E-state index contributed by atoms with van der Waals surface area (Å²) in [5.41, 5.74) is 1.56. The van der Waals surface area contributed by atoms with Crippen molar-refractivity contribution in [3.05, 3.63) is 71.8 Å². The molecule has 3 rings (SSSR count). The normalized spacial score (nSPS) is 12.9. The second-order valence-electron chi connectivity index (χ2n) is 5.46. The highest BCUT2D eigenvalue weighted by Gasteiger charge is 2.35. The summed E-state index contributed by atoms with van der Waals surface area (Å²) in [5.74, 6) is -1.10. The van der Waals surface area contributed by atoms with Gasteiger partial charge in [-0.05, 0) is 42.7 Å². The Hall–Kier alpha value is -2.86. The summed E-state index contributed by atoms with van der Waals surface area (Å²) in [6, 6.07) is 12.0. The van der Waals surface area contributed by atoms with E-state index in [1.807, 2.05) is 24.5 Å². The molecule has 0 radical (unpaired) electrons. The van der Waals surface area contributed by atoms with Crippen molar-refractivity contribution in [3.63, 3.8) is 0 Å². The molecule has 0 aliphatic carbocycles. The number of imide groups is 1. The van der Waals surface area contributed by atoms with Crippen molar-refractivity contribution in [2.75, 3.05) is 18.1 Å². The predicted octanol–water partition coefficient (Wildman–Crippen LogP) is 3.44. The van der Waals surface area contributed by atoms with Crippen molar-refractivity contribution in [1.29, 1.82) is 0 Å². The second kappa shape index (κ2) is 6.94. The van der Waals surface area contributed by atoms with Crippen LogP contribution in [0.25, 0.3) is 0 Å². The SMILES string of the molecule is C=CCN1C(=O)c2ccc(C(=O)Nc3cccc(SC)c3)cc2C1=O. The minimum Gasteiger partial charge on any atom is -0.322 e. The topological polar surface area (TPSA) is 66.5 Å². The fraction of sp³-hybridized carbons (Fsp3) is 0.105. The average Bonchev–Trinajstić information content (AvgIpc) is 2.86. The predicted molar refractivity (Wildman–Crippen MR) is 98.2 cm³/mol. The fourth-order valence-corrected chi connectivity index (χ4v) is 3.09. The van der Waals surface area contributed by atoms with Crippen molar-refractivity contribution in [1.82, 2.24) is 4.90 Å². The maximum atomic E-state index is 12.5. The Morgan fingerprint density at radius 2 is 1.92 bits per heavy atom. The van der Waals surface area contributed by atoms with Crippen LogP contribution in [-0.2, 0) is 0 Å². The van der Waals surface area contributed by atoms with Crippen molar-refractivity contribution in [2.24, 2.45) is 0 Å². The molecule has 1 heterocycles. The van der Waals surface area contributed by atoms with E-state index in [9.17, 15) is 14.4 Å². The first-order valence-corrected chi connectivity index (χ1v) is 8.84. The Morgan fingerprint density at radius 3 is 2.64 bits per heavy atom. The molecule has 0 atom stereocenters. The van der Waals surface area contributed by atoms with Crippen LogP contribution in [0.2, 0.25) is 0 Å². The van der Waals surface area contributed by atoms with Crippen LogP contribution < -0.4 is 5.32 Å². The number of nitrogens with one attached hydrogen (secondary N) is 1. The molecule has 1 N–H and O–H groups in total. The molecule has 0 unspecified atom stereocenters. The maximum absolute atomic E-state index is 12.5. The van der Waals surface area contributed by atoms with E-state index in [1.165, 1.54) is 18.2 Å². The average molecular weight is 352 g/mol. The molecule has 1 aliphatic heterocycles. The minimum absolute atomic E-state index is 0.148. The van der Waals surface area contributed by atoms with Crippen LogP contribution in [0.4, 0.5) is 5.69 Å². The maximum Gasteiger partial charge on any atom is 0.261 e. The molecule has 3 amide bonds. The van der Waals surface area contributed by atoms with Gasteiger partial charge in [-0.25, -0.2) is 0 Å². The van der Waals surface area contributed by atoms with Crippen LogP contribution in [0.5, 0.6) is 0 Å². The Bertz CT molecular complexity index is 892. The van der Waals surface area contributed by atoms with Gasteiger partial charge >= 0.3 is 0 Å². The smallest absolute Gasteiger partial charge is 0.261 e. The lowest BCUT2D eigenvalue weighted by Gasteiger charge is -2.09. The summed E-state index contributed by atoms with van der Waals surface area (Å²) in [7, 11) is 0. The Morgan fingerprint density at radius 1 is 1.16 bits per heavy atom. The van der Waals surface area contributed by atoms with E-state index in [2.05, 4.69) is 11.9 Å². The fourth-order valence-electron chi connectivity index (χ4n) is 2.63. The highest BCUT2D eigenvalue weighted by Crippen LogP contribution is 2.25. The van der Waals surface area contributed by atoms with Crippen molar-refractivity contribution in [2.45, 2.75) is 4.90 Å². The zero-order valence-corrected chi connectivity index (χ0v) is 14.4. The lowest BCUT2D eigenvalue weighted by atomic mass is 10.1. The van der Waals surface area contributed by atoms with E-state index in [0.717, 1.165) is 9.80 Å². The zero-order chi connectivity index (χ0) is 18.0. The molecule has 0 saturated carbocycles. The van der Waals surface area contributed by atoms with Gasteiger partial charge in [0.25, 0.3) is 17.7 Å². The van der Waals surface area contributed by atoms with E-state index in [4.69, 9.17) is 0 Å². The number of hydrogen-bond acceptors (Lipinski definition) is 4. The summed E-state index contributed by atoms with van der Waals surface area (Å²) in [5, 5.41) is 2.81. The third-order valence-corrected chi connectivity index (χ3v) is 4.60. The number of nitrogens with zero attached hydrogens (tertiary/aromatic N) is 1. The number of carbonyl (C=O) groups is 3. The molecular formula is C19H16N2O3S. The van der Waals surface area contributed by atoms with Gasteiger partial charge in [-0.15, -0.1) is 18.3 Å². The van der Waals surface area contributed by atoms with Gasteiger partial charge in [0.05, 0.1) is 11.1 Å². The van der Waals surface area contributed by atoms with Gasteiger partial charge in [0.2, 0.25) is 0 Å². The van der Waals surface area contributed by atoms with Crippen LogP contribution in [0.1, 0.15) is 31.1 Å². The quantitative estimate of drug-likeness (QED) is 0.508. The molecule has 0 fully saturated rings. The Balaban J connectivity index is 1.85. The first-order chi connectivity index (χ1) is 12.0. The molecule has 6 heteroatoms. The van der Waals surface area contributed by atoms with Crippen molar-refractivity contribution >= 4 is 35.2 Å². The van der Waals surface area contributed by atoms with Crippen LogP contribution in [0.3, 0.4) is 0 Å². The number of rotatable bonds is 5. The molecule has 2 aromatic carbocycles. The summed E-state index contributed by atoms with van der Waals surface area (Å²) < 4.78 is 0. The highest BCUT2D eigenvalue weighted by molar-refractivity contribution is 7.98. The third kappa shape index (κ3) is 3.21. The number of anilines is 1. The summed E-state index contributed by atoms with van der Waals surface area (Å²) in [6.45, 7) is 3.70. The first kappa shape index (κ1) is 17.0. The number of thioether (sulfide) groups is 1. The molecule has 126 valence electrons. The third-order valence-electron chi connectivity index (χ3n) is 3.87.